The normalized spacial score (nSPS) is 11.7. The molecule has 78 valence electrons. The molecule has 0 aliphatic carbocycles. The summed E-state index contributed by atoms with van der Waals surface area (Å²) in [6.07, 6.45) is -0.0422. The molecule has 4 heteroatoms. The Hall–Kier alpha value is -1.03. The summed E-state index contributed by atoms with van der Waals surface area (Å²) in [5.41, 5.74) is 4.98. The van der Waals surface area contributed by atoms with Crippen LogP contribution in [0, 0.1) is 5.82 Å². The van der Waals surface area contributed by atoms with E-state index >= 15 is 0 Å². The molecule has 0 aromatic heterocycles. The predicted octanol–water partition coefficient (Wildman–Crippen LogP) is 2.66. The maximum absolute atomic E-state index is 13.3. The summed E-state index contributed by atoms with van der Waals surface area (Å²) in [6, 6.07) is 4.27. The lowest BCUT2D eigenvalue weighted by Crippen LogP contribution is -2.15. The standard InChI is InChI=1S/C10H12F3N/c11-9-4-2-8(3-5-9)10(12,13)6-1-7-14/h2-5H,1,6-7,14H2. The molecule has 0 aliphatic heterocycles. The fourth-order valence-corrected chi connectivity index (χ4v) is 1.16. The lowest BCUT2D eigenvalue weighted by Gasteiger charge is -2.15. The van der Waals surface area contributed by atoms with Crippen molar-refractivity contribution < 1.29 is 13.2 Å². The molecular formula is C10H12F3N. The molecule has 0 spiro atoms. The van der Waals surface area contributed by atoms with E-state index in [-0.39, 0.29) is 24.9 Å². The quantitative estimate of drug-likeness (QED) is 0.799. The molecule has 1 aromatic rings. The number of hydrogen-bond acceptors (Lipinski definition) is 1. The van der Waals surface area contributed by atoms with Crippen molar-refractivity contribution in [2.45, 2.75) is 18.8 Å². The molecule has 0 bridgehead atoms. The van der Waals surface area contributed by atoms with Crippen molar-refractivity contribution in [1.29, 1.82) is 0 Å². The second-order valence-electron chi connectivity index (χ2n) is 3.10. The van der Waals surface area contributed by atoms with Gasteiger partial charge in [-0.25, -0.2) is 13.2 Å². The molecule has 0 radical (unpaired) electrons. The third-order valence-corrected chi connectivity index (χ3v) is 1.96. The fraction of sp³-hybridized carbons (Fsp3) is 0.400. The van der Waals surface area contributed by atoms with Crippen LogP contribution < -0.4 is 5.73 Å². The van der Waals surface area contributed by atoms with Gasteiger partial charge in [0, 0.05) is 12.0 Å². The molecular weight excluding hydrogens is 191 g/mol. The first-order chi connectivity index (χ1) is 6.56. The van der Waals surface area contributed by atoms with Gasteiger partial charge in [0.1, 0.15) is 5.82 Å². The van der Waals surface area contributed by atoms with Crippen LogP contribution in [0.1, 0.15) is 18.4 Å². The zero-order valence-corrected chi connectivity index (χ0v) is 7.64. The molecule has 0 aliphatic rings. The summed E-state index contributed by atoms with van der Waals surface area (Å²) in [6.45, 7) is 0.233. The molecule has 0 saturated carbocycles. The zero-order chi connectivity index (χ0) is 10.6. The van der Waals surface area contributed by atoms with Crippen molar-refractivity contribution in [2.75, 3.05) is 6.54 Å². The van der Waals surface area contributed by atoms with Crippen molar-refractivity contribution in [1.82, 2.24) is 0 Å². The average molecular weight is 203 g/mol. The molecule has 1 nitrogen and oxygen atoms in total. The summed E-state index contributed by atoms with van der Waals surface area (Å²) in [5.74, 6) is -3.42. The van der Waals surface area contributed by atoms with Gasteiger partial charge in [0.25, 0.3) is 5.92 Å². The molecule has 0 atom stereocenters. The number of hydrogen-bond donors (Lipinski definition) is 1. The highest BCUT2D eigenvalue weighted by molar-refractivity contribution is 5.20. The molecule has 0 saturated heterocycles. The van der Waals surface area contributed by atoms with Crippen molar-refractivity contribution >= 4 is 0 Å². The Labute approximate surface area is 80.7 Å². The summed E-state index contributed by atoms with van der Waals surface area (Å²) >= 11 is 0. The van der Waals surface area contributed by atoms with Crippen molar-refractivity contribution in [3.8, 4) is 0 Å². The zero-order valence-electron chi connectivity index (χ0n) is 7.64. The molecule has 2 N–H and O–H groups in total. The Kier molecular flexibility index (Phi) is 3.52. The molecule has 0 heterocycles. The number of alkyl halides is 2. The summed E-state index contributed by atoms with van der Waals surface area (Å²) in [5, 5.41) is 0. The van der Waals surface area contributed by atoms with E-state index in [1.807, 2.05) is 0 Å². The van der Waals surface area contributed by atoms with Crippen LogP contribution in [0.5, 0.6) is 0 Å². The van der Waals surface area contributed by atoms with Gasteiger partial charge in [-0.05, 0) is 25.1 Å². The third-order valence-electron chi connectivity index (χ3n) is 1.96. The van der Waals surface area contributed by atoms with Gasteiger partial charge in [-0.1, -0.05) is 12.1 Å². The number of halogens is 3. The second kappa shape index (κ2) is 4.46. The van der Waals surface area contributed by atoms with E-state index in [1.165, 1.54) is 0 Å². The molecule has 14 heavy (non-hydrogen) atoms. The van der Waals surface area contributed by atoms with Gasteiger partial charge in [0.2, 0.25) is 0 Å². The van der Waals surface area contributed by atoms with Crippen LogP contribution in [-0.2, 0) is 5.92 Å². The molecule has 0 amide bonds. The van der Waals surface area contributed by atoms with Crippen LogP contribution in [0.15, 0.2) is 24.3 Å². The first kappa shape index (κ1) is 11.0. The lowest BCUT2D eigenvalue weighted by atomic mass is 10.0. The second-order valence-corrected chi connectivity index (χ2v) is 3.10. The van der Waals surface area contributed by atoms with E-state index in [0.29, 0.717) is 0 Å². The molecule has 1 rings (SSSR count). The maximum atomic E-state index is 13.3. The number of rotatable bonds is 4. The van der Waals surface area contributed by atoms with Crippen LogP contribution in [-0.4, -0.2) is 6.54 Å². The minimum atomic E-state index is -2.91. The smallest absolute Gasteiger partial charge is 0.273 e. The van der Waals surface area contributed by atoms with Gasteiger partial charge in [0.05, 0.1) is 0 Å². The number of benzene rings is 1. The largest absolute Gasteiger partial charge is 0.330 e. The Morgan fingerprint density at radius 1 is 1.14 bits per heavy atom. The van der Waals surface area contributed by atoms with Crippen molar-refractivity contribution in [2.24, 2.45) is 5.73 Å². The van der Waals surface area contributed by atoms with E-state index in [2.05, 4.69) is 0 Å². The van der Waals surface area contributed by atoms with E-state index in [9.17, 15) is 13.2 Å². The van der Waals surface area contributed by atoms with Crippen molar-refractivity contribution in [3.05, 3.63) is 35.6 Å². The molecule has 0 unspecified atom stereocenters. The highest BCUT2D eigenvalue weighted by atomic mass is 19.3. The van der Waals surface area contributed by atoms with E-state index < -0.39 is 11.7 Å². The van der Waals surface area contributed by atoms with E-state index in [0.717, 1.165) is 24.3 Å². The van der Waals surface area contributed by atoms with E-state index in [1.54, 1.807) is 0 Å². The Bertz CT molecular complexity index is 282. The first-order valence-corrected chi connectivity index (χ1v) is 4.40. The van der Waals surface area contributed by atoms with Gasteiger partial charge in [-0.2, -0.15) is 0 Å². The predicted molar refractivity (Wildman–Crippen MR) is 48.6 cm³/mol. The van der Waals surface area contributed by atoms with Gasteiger partial charge in [-0.15, -0.1) is 0 Å². The van der Waals surface area contributed by atoms with Gasteiger partial charge >= 0.3 is 0 Å². The maximum Gasteiger partial charge on any atom is 0.273 e. The average Bonchev–Trinajstić information content (AvgIpc) is 2.16. The summed E-state index contributed by atoms with van der Waals surface area (Å²) < 4.78 is 39.1. The van der Waals surface area contributed by atoms with Crippen LogP contribution >= 0.6 is 0 Å². The van der Waals surface area contributed by atoms with Gasteiger partial charge in [0.15, 0.2) is 0 Å². The Morgan fingerprint density at radius 3 is 2.21 bits per heavy atom. The Balaban J connectivity index is 2.75. The number of nitrogens with two attached hydrogens (primary N) is 1. The monoisotopic (exact) mass is 203 g/mol. The van der Waals surface area contributed by atoms with Crippen LogP contribution in [0.3, 0.4) is 0 Å². The molecule has 0 fully saturated rings. The van der Waals surface area contributed by atoms with Crippen LogP contribution in [0.4, 0.5) is 13.2 Å². The SMILES string of the molecule is NCCCC(F)(F)c1ccc(F)cc1. The summed E-state index contributed by atoms with van der Waals surface area (Å²) in [7, 11) is 0. The minimum absolute atomic E-state index is 0.160. The highest BCUT2D eigenvalue weighted by Crippen LogP contribution is 2.32. The van der Waals surface area contributed by atoms with Crippen LogP contribution in [0.2, 0.25) is 0 Å². The fourth-order valence-electron chi connectivity index (χ4n) is 1.16. The summed E-state index contributed by atoms with van der Waals surface area (Å²) in [4.78, 5) is 0. The van der Waals surface area contributed by atoms with E-state index in [4.69, 9.17) is 5.73 Å². The van der Waals surface area contributed by atoms with Gasteiger partial charge in [-0.3, -0.25) is 0 Å². The first-order valence-electron chi connectivity index (χ1n) is 4.40. The topological polar surface area (TPSA) is 26.0 Å². The lowest BCUT2D eigenvalue weighted by molar-refractivity contribution is -0.0146. The Morgan fingerprint density at radius 2 is 1.71 bits per heavy atom. The van der Waals surface area contributed by atoms with Gasteiger partial charge < -0.3 is 5.73 Å². The third kappa shape index (κ3) is 2.73. The molecule has 1 aromatic carbocycles. The highest BCUT2D eigenvalue weighted by Gasteiger charge is 2.30. The van der Waals surface area contributed by atoms with Crippen LogP contribution in [0.25, 0.3) is 0 Å². The van der Waals surface area contributed by atoms with Crippen molar-refractivity contribution in [3.63, 3.8) is 0 Å². The minimum Gasteiger partial charge on any atom is -0.330 e.